The lowest BCUT2D eigenvalue weighted by Gasteiger charge is -2.31. The van der Waals surface area contributed by atoms with Crippen LogP contribution in [0.25, 0.3) is 23.0 Å². The first-order chi connectivity index (χ1) is 20.3. The molecule has 2 fully saturated rings. The summed E-state index contributed by atoms with van der Waals surface area (Å²) in [5, 5.41) is 5.43. The SMILES string of the molecule is NC(=O)C1CCN(C2=NC(=O)C(=Cc3cn(-c4ccccc4)nc3-c3ccc(S(=O)(=O)N4CCOCC4)cc3)S2)CC1. The molecule has 0 spiro atoms. The number of nitrogens with zero attached hydrogens (tertiary/aromatic N) is 5. The van der Waals surface area contributed by atoms with E-state index in [2.05, 4.69) is 4.99 Å². The maximum atomic E-state index is 13.1. The molecule has 0 aliphatic carbocycles. The van der Waals surface area contributed by atoms with Gasteiger partial charge in [-0.05, 0) is 54.9 Å². The summed E-state index contributed by atoms with van der Waals surface area (Å²) in [5.41, 5.74) is 8.32. The van der Waals surface area contributed by atoms with Crippen LogP contribution in [-0.4, -0.2) is 83.8 Å². The van der Waals surface area contributed by atoms with E-state index in [1.165, 1.54) is 16.1 Å². The molecule has 11 nitrogen and oxygen atoms in total. The predicted octanol–water partition coefficient (Wildman–Crippen LogP) is 2.73. The topological polar surface area (TPSA) is 140 Å². The van der Waals surface area contributed by atoms with E-state index in [-0.39, 0.29) is 22.6 Å². The molecule has 1 aromatic heterocycles. The number of rotatable bonds is 6. The third kappa shape index (κ3) is 5.77. The fourth-order valence-electron chi connectivity index (χ4n) is 5.18. The first-order valence-electron chi connectivity index (χ1n) is 13.7. The molecular formula is C29H30N6O5S2. The standard InChI is InChI=1S/C29H30N6O5S2/c30-27(36)21-10-12-33(13-11-21)29-31-28(37)25(41-29)18-22-19-35(23-4-2-1-3-5-23)32-26(22)20-6-8-24(9-7-20)42(38,39)34-14-16-40-17-15-34/h1-9,18-19,21H,10-17H2,(H2,30,36). The van der Waals surface area contributed by atoms with Gasteiger partial charge >= 0.3 is 0 Å². The minimum atomic E-state index is -3.64. The van der Waals surface area contributed by atoms with Gasteiger partial charge in [-0.2, -0.15) is 14.4 Å². The van der Waals surface area contributed by atoms with Crippen molar-refractivity contribution in [3.05, 3.63) is 71.3 Å². The summed E-state index contributed by atoms with van der Waals surface area (Å²) in [6, 6.07) is 16.3. The van der Waals surface area contributed by atoms with Crippen molar-refractivity contribution in [3.8, 4) is 16.9 Å². The fourth-order valence-corrected chi connectivity index (χ4v) is 7.54. The molecule has 3 aromatic rings. The van der Waals surface area contributed by atoms with Gasteiger partial charge in [-0.25, -0.2) is 13.1 Å². The molecule has 2 saturated heterocycles. The van der Waals surface area contributed by atoms with Crippen molar-refractivity contribution in [1.29, 1.82) is 0 Å². The number of amidine groups is 1. The number of amides is 2. The van der Waals surface area contributed by atoms with Crippen molar-refractivity contribution in [3.63, 3.8) is 0 Å². The summed E-state index contributed by atoms with van der Waals surface area (Å²) < 4.78 is 34.7. The number of likely N-dealkylation sites (tertiary alicyclic amines) is 1. The van der Waals surface area contributed by atoms with Crippen LogP contribution in [0.5, 0.6) is 0 Å². The van der Waals surface area contributed by atoms with E-state index in [0.29, 0.717) is 79.1 Å². The van der Waals surface area contributed by atoms with E-state index in [1.807, 2.05) is 41.4 Å². The number of nitrogens with two attached hydrogens (primary N) is 1. The quantitative estimate of drug-likeness (QED) is 0.423. The van der Waals surface area contributed by atoms with Gasteiger partial charge < -0.3 is 15.4 Å². The van der Waals surface area contributed by atoms with Crippen LogP contribution in [0.2, 0.25) is 0 Å². The second-order valence-electron chi connectivity index (χ2n) is 10.2. The maximum absolute atomic E-state index is 13.1. The van der Waals surface area contributed by atoms with E-state index >= 15 is 0 Å². The number of benzene rings is 2. The lowest BCUT2D eigenvalue weighted by atomic mass is 9.97. The number of piperidine rings is 1. The second kappa shape index (κ2) is 11.8. The van der Waals surface area contributed by atoms with Crippen LogP contribution in [0.4, 0.5) is 0 Å². The molecule has 4 heterocycles. The molecule has 42 heavy (non-hydrogen) atoms. The molecule has 13 heteroatoms. The van der Waals surface area contributed by atoms with E-state index < -0.39 is 10.0 Å². The molecule has 6 rings (SSSR count). The van der Waals surface area contributed by atoms with Gasteiger partial charge in [-0.1, -0.05) is 30.3 Å². The number of sulfonamides is 1. The lowest BCUT2D eigenvalue weighted by molar-refractivity contribution is -0.123. The lowest BCUT2D eigenvalue weighted by Crippen LogP contribution is -2.40. The van der Waals surface area contributed by atoms with Crippen molar-refractivity contribution in [2.45, 2.75) is 17.7 Å². The van der Waals surface area contributed by atoms with Crippen LogP contribution >= 0.6 is 11.8 Å². The number of carbonyl (C=O) groups excluding carboxylic acids is 2. The second-order valence-corrected chi connectivity index (χ2v) is 13.2. The van der Waals surface area contributed by atoms with Gasteiger partial charge in [-0.3, -0.25) is 9.59 Å². The highest BCUT2D eigenvalue weighted by atomic mass is 32.2. The summed E-state index contributed by atoms with van der Waals surface area (Å²) in [6.07, 6.45) is 4.89. The summed E-state index contributed by atoms with van der Waals surface area (Å²) in [7, 11) is -3.64. The molecule has 0 atom stereocenters. The van der Waals surface area contributed by atoms with Crippen LogP contribution in [0, 0.1) is 5.92 Å². The average Bonchev–Trinajstić information content (AvgIpc) is 3.61. The molecule has 0 saturated carbocycles. The molecule has 218 valence electrons. The third-order valence-electron chi connectivity index (χ3n) is 7.56. The zero-order valence-electron chi connectivity index (χ0n) is 22.8. The zero-order chi connectivity index (χ0) is 29.3. The van der Waals surface area contributed by atoms with Gasteiger partial charge in [0.25, 0.3) is 5.91 Å². The van der Waals surface area contributed by atoms with Crippen LogP contribution in [0.15, 0.2) is 75.6 Å². The number of ether oxygens (including phenoxy) is 1. The molecule has 2 N–H and O–H groups in total. The fraction of sp³-hybridized carbons (Fsp3) is 0.310. The minimum absolute atomic E-state index is 0.152. The van der Waals surface area contributed by atoms with Crippen LogP contribution < -0.4 is 5.73 Å². The van der Waals surface area contributed by atoms with Crippen molar-refractivity contribution < 1.29 is 22.7 Å². The van der Waals surface area contributed by atoms with Crippen molar-refractivity contribution in [2.75, 3.05) is 39.4 Å². The van der Waals surface area contributed by atoms with E-state index in [1.54, 1.807) is 35.0 Å². The van der Waals surface area contributed by atoms with Gasteiger partial charge in [0, 0.05) is 49.4 Å². The highest BCUT2D eigenvalue weighted by molar-refractivity contribution is 8.18. The van der Waals surface area contributed by atoms with Gasteiger partial charge in [0.1, 0.15) is 0 Å². The number of aromatic nitrogens is 2. The number of para-hydroxylation sites is 1. The summed E-state index contributed by atoms with van der Waals surface area (Å²) >= 11 is 1.30. The number of morpholine rings is 1. The normalized spacial score (nSPS) is 19.8. The first kappa shape index (κ1) is 28.3. The van der Waals surface area contributed by atoms with E-state index in [4.69, 9.17) is 15.6 Å². The molecule has 2 amide bonds. The zero-order valence-corrected chi connectivity index (χ0v) is 24.4. The summed E-state index contributed by atoms with van der Waals surface area (Å²) in [5.74, 6) is -0.778. The maximum Gasteiger partial charge on any atom is 0.286 e. The number of aliphatic imine (C=N–C) groups is 1. The molecule has 2 aromatic carbocycles. The Bertz CT molecular complexity index is 1650. The minimum Gasteiger partial charge on any atom is -0.379 e. The number of carbonyl (C=O) groups is 2. The largest absolute Gasteiger partial charge is 0.379 e. The number of hydrogen-bond donors (Lipinski definition) is 1. The van der Waals surface area contributed by atoms with Crippen LogP contribution in [0.3, 0.4) is 0 Å². The van der Waals surface area contributed by atoms with Crippen molar-refractivity contribution in [2.24, 2.45) is 16.6 Å². The van der Waals surface area contributed by atoms with E-state index in [0.717, 1.165) is 5.69 Å². The third-order valence-corrected chi connectivity index (χ3v) is 10.5. The average molecular weight is 607 g/mol. The van der Waals surface area contributed by atoms with Crippen LogP contribution in [-0.2, 0) is 24.3 Å². The Balaban J connectivity index is 1.29. The Morgan fingerprint density at radius 2 is 1.69 bits per heavy atom. The predicted molar refractivity (Wildman–Crippen MR) is 160 cm³/mol. The highest BCUT2D eigenvalue weighted by Gasteiger charge is 2.31. The summed E-state index contributed by atoms with van der Waals surface area (Å²) in [4.78, 5) is 31.5. The number of thioether (sulfide) groups is 1. The summed E-state index contributed by atoms with van der Waals surface area (Å²) in [6.45, 7) is 2.61. The Labute approximate surface area is 248 Å². The number of hydrogen-bond acceptors (Lipinski definition) is 8. The van der Waals surface area contributed by atoms with Gasteiger partial charge in [0.15, 0.2) is 5.17 Å². The smallest absolute Gasteiger partial charge is 0.286 e. The van der Waals surface area contributed by atoms with Crippen LogP contribution in [0.1, 0.15) is 18.4 Å². The molecule has 0 radical (unpaired) electrons. The Hall–Kier alpha value is -3.78. The first-order valence-corrected chi connectivity index (χ1v) is 16.0. The number of primary amides is 1. The van der Waals surface area contributed by atoms with Crippen molar-refractivity contribution >= 4 is 44.8 Å². The van der Waals surface area contributed by atoms with Gasteiger partial charge in [0.05, 0.1) is 34.4 Å². The Kier molecular flexibility index (Phi) is 7.99. The molecule has 0 unspecified atom stereocenters. The molecule has 3 aliphatic rings. The van der Waals surface area contributed by atoms with E-state index in [9.17, 15) is 18.0 Å². The monoisotopic (exact) mass is 606 g/mol. The Morgan fingerprint density at radius 1 is 1.00 bits per heavy atom. The van der Waals surface area contributed by atoms with Gasteiger partial charge in [0.2, 0.25) is 15.9 Å². The Morgan fingerprint density at radius 3 is 2.36 bits per heavy atom. The molecule has 0 bridgehead atoms. The highest BCUT2D eigenvalue weighted by Crippen LogP contribution is 2.35. The van der Waals surface area contributed by atoms with Gasteiger partial charge in [-0.15, -0.1) is 0 Å². The van der Waals surface area contributed by atoms with Crippen molar-refractivity contribution in [1.82, 2.24) is 19.0 Å². The molecule has 3 aliphatic heterocycles. The molecular weight excluding hydrogens is 576 g/mol.